The van der Waals surface area contributed by atoms with Crippen LogP contribution in [0.4, 0.5) is 0 Å². The van der Waals surface area contributed by atoms with Crippen molar-refractivity contribution in [1.82, 2.24) is 5.32 Å². The summed E-state index contributed by atoms with van der Waals surface area (Å²) in [6, 6.07) is 0. The molecule has 2 heteroatoms. The molecule has 1 aliphatic rings. The van der Waals surface area contributed by atoms with Crippen LogP contribution in [0.15, 0.2) is 0 Å². The molecule has 0 spiro atoms. The molecule has 102 valence electrons. The molecule has 2 N–H and O–H groups in total. The number of nitrogens with one attached hydrogen (secondary N) is 1. The second kappa shape index (κ2) is 8.10. The molecule has 0 aliphatic heterocycles. The molecule has 0 aromatic carbocycles. The van der Waals surface area contributed by atoms with E-state index in [4.69, 9.17) is 5.11 Å². The van der Waals surface area contributed by atoms with Gasteiger partial charge < -0.3 is 10.4 Å². The fourth-order valence-electron chi connectivity index (χ4n) is 2.77. The first-order valence-electron chi connectivity index (χ1n) is 7.56. The van der Waals surface area contributed by atoms with Crippen LogP contribution in [-0.4, -0.2) is 23.8 Å². The van der Waals surface area contributed by atoms with Gasteiger partial charge in [-0.1, -0.05) is 39.0 Å². The summed E-state index contributed by atoms with van der Waals surface area (Å²) in [6.45, 7) is 5.89. The third-order valence-electron chi connectivity index (χ3n) is 4.49. The third kappa shape index (κ3) is 5.87. The van der Waals surface area contributed by atoms with Crippen molar-refractivity contribution in [3.8, 4) is 0 Å². The van der Waals surface area contributed by atoms with Gasteiger partial charge in [0.2, 0.25) is 0 Å². The molecule has 0 radical (unpaired) electrons. The lowest BCUT2D eigenvalue weighted by Crippen LogP contribution is -2.44. The molecule has 1 aliphatic carbocycles. The third-order valence-corrected chi connectivity index (χ3v) is 4.49. The Bertz CT molecular complexity index is 187. The summed E-state index contributed by atoms with van der Waals surface area (Å²) in [5.41, 5.74) is 0.136. The van der Waals surface area contributed by atoms with Crippen LogP contribution in [0.1, 0.15) is 71.6 Å². The molecule has 1 fully saturated rings. The Balaban J connectivity index is 2.30. The van der Waals surface area contributed by atoms with Gasteiger partial charge in [0.25, 0.3) is 0 Å². The number of aliphatic hydroxyl groups is 1. The Labute approximate surface area is 107 Å². The van der Waals surface area contributed by atoms with Crippen LogP contribution >= 0.6 is 0 Å². The summed E-state index contributed by atoms with van der Waals surface area (Å²) in [5, 5.41) is 12.8. The van der Waals surface area contributed by atoms with Gasteiger partial charge in [0, 0.05) is 12.1 Å². The van der Waals surface area contributed by atoms with Crippen molar-refractivity contribution in [2.24, 2.45) is 5.92 Å². The summed E-state index contributed by atoms with van der Waals surface area (Å²) in [6.07, 6.45) is 11.9. The van der Waals surface area contributed by atoms with Crippen LogP contribution in [-0.2, 0) is 0 Å². The first-order valence-corrected chi connectivity index (χ1v) is 7.56. The lowest BCUT2D eigenvalue weighted by Gasteiger charge is -2.32. The van der Waals surface area contributed by atoms with E-state index < -0.39 is 0 Å². The number of rotatable bonds is 6. The SMILES string of the molecule is CCC(C)(CCO)NCC1CCCCCCC1. The lowest BCUT2D eigenvalue weighted by molar-refractivity contribution is 0.204. The number of hydrogen-bond acceptors (Lipinski definition) is 2. The van der Waals surface area contributed by atoms with Crippen molar-refractivity contribution < 1.29 is 5.11 Å². The van der Waals surface area contributed by atoms with Crippen LogP contribution in [0.2, 0.25) is 0 Å². The molecule has 2 nitrogen and oxygen atoms in total. The first kappa shape index (κ1) is 15.0. The van der Waals surface area contributed by atoms with Crippen molar-refractivity contribution in [1.29, 1.82) is 0 Å². The van der Waals surface area contributed by atoms with Crippen LogP contribution in [0.5, 0.6) is 0 Å². The van der Waals surface area contributed by atoms with Gasteiger partial charge in [-0.25, -0.2) is 0 Å². The molecule has 17 heavy (non-hydrogen) atoms. The molecule has 0 heterocycles. The Hall–Kier alpha value is -0.0800. The smallest absolute Gasteiger partial charge is 0.0448 e. The molecule has 1 saturated carbocycles. The maximum absolute atomic E-state index is 9.11. The fourth-order valence-corrected chi connectivity index (χ4v) is 2.77. The molecule has 0 bridgehead atoms. The molecule has 1 atom stereocenters. The standard InChI is InChI=1S/C15H31NO/c1-3-15(2,11-12-17)16-13-14-9-7-5-4-6-8-10-14/h14,16-17H,3-13H2,1-2H3. The zero-order chi connectivity index (χ0) is 12.6. The average molecular weight is 241 g/mol. The highest BCUT2D eigenvalue weighted by Gasteiger charge is 2.22. The van der Waals surface area contributed by atoms with E-state index in [1.807, 2.05) is 0 Å². The molecular weight excluding hydrogens is 210 g/mol. The zero-order valence-corrected chi connectivity index (χ0v) is 11.8. The topological polar surface area (TPSA) is 32.3 Å². The van der Waals surface area contributed by atoms with Crippen molar-refractivity contribution in [2.45, 2.75) is 77.2 Å². The minimum atomic E-state index is 0.136. The minimum Gasteiger partial charge on any atom is -0.396 e. The summed E-state index contributed by atoms with van der Waals surface area (Å²) in [4.78, 5) is 0. The fraction of sp³-hybridized carbons (Fsp3) is 1.00. The second-order valence-electron chi connectivity index (χ2n) is 5.98. The Morgan fingerprint density at radius 2 is 1.71 bits per heavy atom. The maximum atomic E-state index is 9.11. The highest BCUT2D eigenvalue weighted by atomic mass is 16.3. The van der Waals surface area contributed by atoms with E-state index >= 15 is 0 Å². The van der Waals surface area contributed by atoms with Crippen molar-refractivity contribution >= 4 is 0 Å². The molecular formula is C15H31NO. The van der Waals surface area contributed by atoms with Gasteiger partial charge >= 0.3 is 0 Å². The Morgan fingerprint density at radius 3 is 2.24 bits per heavy atom. The zero-order valence-electron chi connectivity index (χ0n) is 11.8. The van der Waals surface area contributed by atoms with Gasteiger partial charge in [0.05, 0.1) is 0 Å². The Kier molecular flexibility index (Phi) is 7.14. The van der Waals surface area contributed by atoms with E-state index in [0.29, 0.717) is 6.61 Å². The molecule has 0 amide bonds. The summed E-state index contributed by atoms with van der Waals surface area (Å²) < 4.78 is 0. The predicted octanol–water partition coefficient (Wildman–Crippen LogP) is 3.49. The minimum absolute atomic E-state index is 0.136. The van der Waals surface area contributed by atoms with E-state index in [1.165, 1.54) is 44.9 Å². The van der Waals surface area contributed by atoms with E-state index in [2.05, 4.69) is 19.2 Å². The highest BCUT2D eigenvalue weighted by molar-refractivity contribution is 4.82. The van der Waals surface area contributed by atoms with Gasteiger partial charge in [0.15, 0.2) is 0 Å². The predicted molar refractivity (Wildman–Crippen MR) is 74.2 cm³/mol. The van der Waals surface area contributed by atoms with E-state index in [0.717, 1.165) is 25.3 Å². The summed E-state index contributed by atoms with van der Waals surface area (Å²) in [5.74, 6) is 0.861. The monoisotopic (exact) mass is 241 g/mol. The van der Waals surface area contributed by atoms with Crippen LogP contribution in [0, 0.1) is 5.92 Å². The van der Waals surface area contributed by atoms with Crippen molar-refractivity contribution in [2.75, 3.05) is 13.2 Å². The summed E-state index contributed by atoms with van der Waals surface area (Å²) in [7, 11) is 0. The second-order valence-corrected chi connectivity index (χ2v) is 5.98. The molecule has 1 rings (SSSR count). The first-order chi connectivity index (χ1) is 8.20. The average Bonchev–Trinajstić information content (AvgIpc) is 2.28. The van der Waals surface area contributed by atoms with E-state index in [9.17, 15) is 0 Å². The van der Waals surface area contributed by atoms with Gasteiger partial charge in [-0.2, -0.15) is 0 Å². The maximum Gasteiger partial charge on any atom is 0.0448 e. The van der Waals surface area contributed by atoms with Gasteiger partial charge in [-0.3, -0.25) is 0 Å². The quantitative estimate of drug-likeness (QED) is 0.746. The van der Waals surface area contributed by atoms with E-state index in [1.54, 1.807) is 0 Å². The summed E-state index contributed by atoms with van der Waals surface area (Å²) >= 11 is 0. The normalized spacial score (nSPS) is 22.8. The highest BCUT2D eigenvalue weighted by Crippen LogP contribution is 2.23. The number of hydrogen-bond donors (Lipinski definition) is 2. The Morgan fingerprint density at radius 1 is 1.12 bits per heavy atom. The van der Waals surface area contributed by atoms with Crippen molar-refractivity contribution in [3.05, 3.63) is 0 Å². The largest absolute Gasteiger partial charge is 0.396 e. The molecule has 0 saturated heterocycles. The van der Waals surface area contributed by atoms with Crippen LogP contribution < -0.4 is 5.32 Å². The molecule has 0 aromatic heterocycles. The van der Waals surface area contributed by atoms with Gasteiger partial charge in [-0.15, -0.1) is 0 Å². The van der Waals surface area contributed by atoms with Crippen LogP contribution in [0.25, 0.3) is 0 Å². The van der Waals surface area contributed by atoms with Crippen molar-refractivity contribution in [3.63, 3.8) is 0 Å². The molecule has 1 unspecified atom stereocenters. The van der Waals surface area contributed by atoms with Gasteiger partial charge in [-0.05, 0) is 45.1 Å². The number of aliphatic hydroxyl groups excluding tert-OH is 1. The van der Waals surface area contributed by atoms with Crippen LogP contribution in [0.3, 0.4) is 0 Å². The van der Waals surface area contributed by atoms with E-state index in [-0.39, 0.29) is 5.54 Å². The lowest BCUT2D eigenvalue weighted by atomic mass is 9.89. The molecule has 0 aromatic rings. The van der Waals surface area contributed by atoms with Gasteiger partial charge in [0.1, 0.15) is 0 Å².